The number of carboxylic acids is 1. The van der Waals surface area contributed by atoms with Gasteiger partial charge in [-0.2, -0.15) is 0 Å². The molecule has 0 saturated heterocycles. The van der Waals surface area contributed by atoms with Gasteiger partial charge in [0, 0.05) is 13.0 Å². The predicted molar refractivity (Wildman–Crippen MR) is 58.8 cm³/mol. The van der Waals surface area contributed by atoms with Gasteiger partial charge in [0.1, 0.15) is 0 Å². The standard InChI is InChI=1S/C9H17NO5S/c1-3-10-8(11)4-5-16(14,15)7(2)6-9(12)13/h7H,3-6H2,1-2H3,(H,10,11)(H,12,13). The molecule has 0 spiro atoms. The molecule has 6 nitrogen and oxygen atoms in total. The van der Waals surface area contributed by atoms with Crippen molar-refractivity contribution < 1.29 is 23.1 Å². The molecular weight excluding hydrogens is 234 g/mol. The quantitative estimate of drug-likeness (QED) is 0.652. The van der Waals surface area contributed by atoms with Crippen LogP contribution in [0.5, 0.6) is 0 Å². The minimum Gasteiger partial charge on any atom is -0.481 e. The van der Waals surface area contributed by atoms with Gasteiger partial charge in [0.05, 0.1) is 17.4 Å². The summed E-state index contributed by atoms with van der Waals surface area (Å²) >= 11 is 0. The van der Waals surface area contributed by atoms with Crippen molar-refractivity contribution in [3.63, 3.8) is 0 Å². The van der Waals surface area contributed by atoms with E-state index in [1.54, 1.807) is 6.92 Å². The number of carboxylic acid groups (broad SMARTS) is 1. The van der Waals surface area contributed by atoms with Crippen molar-refractivity contribution in [3.05, 3.63) is 0 Å². The molecule has 0 rings (SSSR count). The summed E-state index contributed by atoms with van der Waals surface area (Å²) in [6.45, 7) is 3.52. The number of carbonyl (C=O) groups is 2. The highest BCUT2D eigenvalue weighted by Gasteiger charge is 2.23. The molecule has 0 aliphatic heterocycles. The number of sulfone groups is 1. The summed E-state index contributed by atoms with van der Waals surface area (Å²) in [5.41, 5.74) is 0. The molecule has 16 heavy (non-hydrogen) atoms. The predicted octanol–water partition coefficient (Wildman–Crippen LogP) is -0.209. The van der Waals surface area contributed by atoms with Crippen LogP contribution in [0, 0.1) is 0 Å². The van der Waals surface area contributed by atoms with E-state index < -0.39 is 27.5 Å². The number of nitrogens with one attached hydrogen (secondary N) is 1. The number of hydrogen-bond acceptors (Lipinski definition) is 4. The van der Waals surface area contributed by atoms with E-state index in [1.165, 1.54) is 6.92 Å². The van der Waals surface area contributed by atoms with Crippen molar-refractivity contribution >= 4 is 21.7 Å². The van der Waals surface area contributed by atoms with Crippen LogP contribution in [0.15, 0.2) is 0 Å². The zero-order chi connectivity index (χ0) is 12.8. The largest absolute Gasteiger partial charge is 0.481 e. The Hall–Kier alpha value is -1.11. The third-order valence-corrected chi connectivity index (χ3v) is 4.23. The van der Waals surface area contributed by atoms with Gasteiger partial charge in [-0.15, -0.1) is 0 Å². The second-order valence-corrected chi connectivity index (χ2v) is 6.02. The van der Waals surface area contributed by atoms with Crippen molar-refractivity contribution in [2.45, 2.75) is 31.9 Å². The highest BCUT2D eigenvalue weighted by Crippen LogP contribution is 2.08. The lowest BCUT2D eigenvalue weighted by Gasteiger charge is -2.10. The molecule has 1 atom stereocenters. The van der Waals surface area contributed by atoms with E-state index in [4.69, 9.17) is 5.11 Å². The lowest BCUT2D eigenvalue weighted by atomic mass is 10.3. The van der Waals surface area contributed by atoms with Gasteiger partial charge >= 0.3 is 5.97 Å². The third-order valence-electron chi connectivity index (χ3n) is 2.06. The SMILES string of the molecule is CCNC(=O)CCS(=O)(=O)C(C)CC(=O)O. The first-order valence-electron chi connectivity index (χ1n) is 4.99. The maximum absolute atomic E-state index is 11.5. The van der Waals surface area contributed by atoms with Gasteiger partial charge < -0.3 is 10.4 Å². The zero-order valence-corrected chi connectivity index (χ0v) is 10.2. The molecule has 0 saturated carbocycles. The topological polar surface area (TPSA) is 101 Å². The van der Waals surface area contributed by atoms with Crippen LogP contribution in [-0.4, -0.2) is 42.9 Å². The van der Waals surface area contributed by atoms with E-state index in [0.29, 0.717) is 6.54 Å². The van der Waals surface area contributed by atoms with Crippen LogP contribution < -0.4 is 5.32 Å². The Bertz CT molecular complexity index is 349. The fourth-order valence-corrected chi connectivity index (χ4v) is 2.36. The van der Waals surface area contributed by atoms with Crippen molar-refractivity contribution in [3.8, 4) is 0 Å². The average Bonchev–Trinajstić information content (AvgIpc) is 2.14. The van der Waals surface area contributed by atoms with Gasteiger partial charge in [0.25, 0.3) is 0 Å². The Kier molecular flexibility index (Phi) is 6.02. The summed E-state index contributed by atoms with van der Waals surface area (Å²) in [4.78, 5) is 21.4. The van der Waals surface area contributed by atoms with Crippen molar-refractivity contribution in [1.82, 2.24) is 5.32 Å². The molecule has 1 amide bonds. The molecule has 0 bridgehead atoms. The van der Waals surface area contributed by atoms with E-state index >= 15 is 0 Å². The Labute approximate surface area is 95.0 Å². The Morgan fingerprint density at radius 3 is 2.38 bits per heavy atom. The molecule has 0 radical (unpaired) electrons. The summed E-state index contributed by atoms with van der Waals surface area (Å²) in [5, 5.41) is 9.98. The molecule has 0 aliphatic rings. The normalized spacial score (nSPS) is 13.1. The van der Waals surface area contributed by atoms with Crippen LogP contribution in [0.3, 0.4) is 0 Å². The van der Waals surface area contributed by atoms with E-state index in [2.05, 4.69) is 5.32 Å². The van der Waals surface area contributed by atoms with Crippen LogP contribution in [0.4, 0.5) is 0 Å². The maximum Gasteiger partial charge on any atom is 0.304 e. The third kappa shape index (κ3) is 5.69. The van der Waals surface area contributed by atoms with Gasteiger partial charge in [-0.1, -0.05) is 0 Å². The fourth-order valence-electron chi connectivity index (χ4n) is 1.09. The van der Waals surface area contributed by atoms with Crippen molar-refractivity contribution in [2.24, 2.45) is 0 Å². The van der Waals surface area contributed by atoms with Gasteiger partial charge in [-0.3, -0.25) is 9.59 Å². The smallest absolute Gasteiger partial charge is 0.304 e. The average molecular weight is 251 g/mol. The van der Waals surface area contributed by atoms with E-state index in [9.17, 15) is 18.0 Å². The van der Waals surface area contributed by atoms with Crippen LogP contribution in [0.2, 0.25) is 0 Å². The van der Waals surface area contributed by atoms with Gasteiger partial charge in [-0.25, -0.2) is 8.42 Å². The summed E-state index contributed by atoms with van der Waals surface area (Å²) in [7, 11) is -3.51. The van der Waals surface area contributed by atoms with E-state index in [-0.39, 0.29) is 18.1 Å². The van der Waals surface area contributed by atoms with Crippen LogP contribution in [-0.2, 0) is 19.4 Å². The summed E-state index contributed by atoms with van der Waals surface area (Å²) in [6.07, 6.45) is -0.558. The first-order chi connectivity index (χ1) is 7.29. The number of rotatable bonds is 7. The molecule has 0 aromatic rings. The van der Waals surface area contributed by atoms with E-state index in [1.807, 2.05) is 0 Å². The minimum absolute atomic E-state index is 0.125. The lowest BCUT2D eigenvalue weighted by molar-refractivity contribution is -0.136. The van der Waals surface area contributed by atoms with E-state index in [0.717, 1.165) is 0 Å². The monoisotopic (exact) mass is 251 g/mol. The molecule has 0 aromatic carbocycles. The van der Waals surface area contributed by atoms with Crippen LogP contribution >= 0.6 is 0 Å². The Balaban J connectivity index is 4.24. The number of amides is 1. The van der Waals surface area contributed by atoms with Crippen LogP contribution in [0.25, 0.3) is 0 Å². The second kappa shape index (κ2) is 6.47. The highest BCUT2D eigenvalue weighted by atomic mass is 32.2. The molecule has 2 N–H and O–H groups in total. The van der Waals surface area contributed by atoms with Crippen molar-refractivity contribution in [1.29, 1.82) is 0 Å². The highest BCUT2D eigenvalue weighted by molar-refractivity contribution is 7.92. The van der Waals surface area contributed by atoms with Gasteiger partial charge in [-0.05, 0) is 13.8 Å². The summed E-state index contributed by atoms with van der Waals surface area (Å²) < 4.78 is 23.1. The molecule has 0 heterocycles. The first-order valence-corrected chi connectivity index (χ1v) is 6.71. The van der Waals surface area contributed by atoms with Gasteiger partial charge in [0.2, 0.25) is 5.91 Å². The van der Waals surface area contributed by atoms with Crippen molar-refractivity contribution in [2.75, 3.05) is 12.3 Å². The second-order valence-electron chi connectivity index (χ2n) is 3.48. The molecule has 0 fully saturated rings. The fraction of sp³-hybridized carbons (Fsp3) is 0.778. The number of carbonyl (C=O) groups excluding carboxylic acids is 1. The Morgan fingerprint density at radius 1 is 1.38 bits per heavy atom. The van der Waals surface area contributed by atoms with Crippen LogP contribution in [0.1, 0.15) is 26.7 Å². The minimum atomic E-state index is -3.51. The summed E-state index contributed by atoms with van der Waals surface area (Å²) in [6, 6.07) is 0. The molecule has 1 unspecified atom stereocenters. The summed E-state index contributed by atoms with van der Waals surface area (Å²) in [5.74, 6) is -1.81. The first kappa shape index (κ1) is 14.9. The Morgan fingerprint density at radius 2 is 1.94 bits per heavy atom. The molecule has 0 aliphatic carbocycles. The van der Waals surface area contributed by atoms with Gasteiger partial charge in [0.15, 0.2) is 9.84 Å². The molecule has 94 valence electrons. The number of aliphatic carboxylic acids is 1. The molecule has 0 aromatic heterocycles. The molecule has 7 heteroatoms. The lowest BCUT2D eigenvalue weighted by Crippen LogP contribution is -2.29. The molecular formula is C9H17NO5S. The number of hydrogen-bond donors (Lipinski definition) is 2. The maximum atomic E-state index is 11.5. The zero-order valence-electron chi connectivity index (χ0n) is 9.39.